The van der Waals surface area contributed by atoms with Crippen molar-refractivity contribution in [2.24, 2.45) is 5.41 Å². The van der Waals surface area contributed by atoms with Crippen molar-refractivity contribution in [2.75, 3.05) is 6.54 Å². The van der Waals surface area contributed by atoms with Crippen molar-refractivity contribution in [3.05, 3.63) is 22.4 Å². The van der Waals surface area contributed by atoms with Gasteiger partial charge in [0, 0.05) is 22.9 Å². The Kier molecular flexibility index (Phi) is 4.19. The van der Waals surface area contributed by atoms with Crippen LogP contribution in [0.15, 0.2) is 17.5 Å². The standard InChI is InChI=1S/C14H25NS/c1-11(13(2,3)4)15-10-14(5,6)12-8-7-9-16-12/h7-9,11,15H,10H2,1-6H3. The SMILES string of the molecule is CC(NCC(C)(C)c1cccs1)C(C)(C)C. The highest BCUT2D eigenvalue weighted by molar-refractivity contribution is 7.10. The first kappa shape index (κ1) is 13.7. The molecule has 0 aromatic carbocycles. The molecular formula is C14H25NS. The quantitative estimate of drug-likeness (QED) is 0.836. The fourth-order valence-electron chi connectivity index (χ4n) is 1.47. The molecule has 1 heterocycles. The van der Waals surface area contributed by atoms with E-state index in [1.165, 1.54) is 4.88 Å². The molecule has 1 N–H and O–H groups in total. The van der Waals surface area contributed by atoms with Crippen molar-refractivity contribution in [3.8, 4) is 0 Å². The molecule has 1 atom stereocenters. The maximum Gasteiger partial charge on any atom is 0.0115 e. The summed E-state index contributed by atoms with van der Waals surface area (Å²) in [6.07, 6.45) is 0. The van der Waals surface area contributed by atoms with Gasteiger partial charge < -0.3 is 5.32 Å². The van der Waals surface area contributed by atoms with Gasteiger partial charge in [0.05, 0.1) is 0 Å². The van der Waals surface area contributed by atoms with E-state index in [0.717, 1.165) is 6.54 Å². The van der Waals surface area contributed by atoms with Crippen molar-refractivity contribution in [1.82, 2.24) is 5.32 Å². The molecule has 0 radical (unpaired) electrons. The lowest BCUT2D eigenvalue weighted by atomic mass is 9.86. The molecule has 0 amide bonds. The van der Waals surface area contributed by atoms with Gasteiger partial charge in [0.15, 0.2) is 0 Å². The van der Waals surface area contributed by atoms with Crippen LogP contribution in [0.2, 0.25) is 0 Å². The molecule has 0 saturated heterocycles. The number of hydrogen-bond acceptors (Lipinski definition) is 2. The van der Waals surface area contributed by atoms with E-state index in [9.17, 15) is 0 Å². The first-order valence-corrected chi connectivity index (χ1v) is 6.89. The molecule has 16 heavy (non-hydrogen) atoms. The number of thiophene rings is 1. The molecule has 0 spiro atoms. The Bertz CT molecular complexity index is 306. The number of nitrogens with one attached hydrogen (secondary N) is 1. The summed E-state index contributed by atoms with van der Waals surface area (Å²) in [6.45, 7) is 14.8. The predicted molar refractivity (Wildman–Crippen MR) is 74.3 cm³/mol. The smallest absolute Gasteiger partial charge is 0.0115 e. The molecule has 1 rings (SSSR count). The highest BCUT2D eigenvalue weighted by Gasteiger charge is 2.25. The highest BCUT2D eigenvalue weighted by Crippen LogP contribution is 2.27. The van der Waals surface area contributed by atoms with Crippen LogP contribution >= 0.6 is 11.3 Å². The van der Waals surface area contributed by atoms with Gasteiger partial charge in [0.1, 0.15) is 0 Å². The summed E-state index contributed by atoms with van der Waals surface area (Å²) in [4.78, 5) is 1.46. The van der Waals surface area contributed by atoms with Crippen molar-refractivity contribution >= 4 is 11.3 Å². The molecule has 0 aliphatic carbocycles. The third-order valence-electron chi connectivity index (χ3n) is 3.34. The minimum Gasteiger partial charge on any atom is -0.313 e. The summed E-state index contributed by atoms with van der Waals surface area (Å²) >= 11 is 1.85. The average Bonchev–Trinajstić information content (AvgIpc) is 2.65. The van der Waals surface area contributed by atoms with E-state index in [1.54, 1.807) is 0 Å². The van der Waals surface area contributed by atoms with Crippen LogP contribution in [0.25, 0.3) is 0 Å². The van der Waals surface area contributed by atoms with Gasteiger partial charge >= 0.3 is 0 Å². The maximum absolute atomic E-state index is 3.66. The van der Waals surface area contributed by atoms with Crippen molar-refractivity contribution in [2.45, 2.75) is 53.0 Å². The molecule has 2 heteroatoms. The lowest BCUT2D eigenvalue weighted by Gasteiger charge is -2.32. The van der Waals surface area contributed by atoms with E-state index in [4.69, 9.17) is 0 Å². The summed E-state index contributed by atoms with van der Waals surface area (Å²) in [5.41, 5.74) is 0.555. The second-order valence-corrected chi connectivity index (χ2v) is 7.28. The molecule has 92 valence electrons. The maximum atomic E-state index is 3.66. The Morgan fingerprint density at radius 1 is 1.25 bits per heavy atom. The fraction of sp³-hybridized carbons (Fsp3) is 0.714. The van der Waals surface area contributed by atoms with E-state index in [-0.39, 0.29) is 5.41 Å². The zero-order valence-corrected chi connectivity index (χ0v) is 12.2. The summed E-state index contributed by atoms with van der Waals surface area (Å²) < 4.78 is 0. The lowest BCUT2D eigenvalue weighted by Crippen LogP contribution is -2.43. The van der Waals surface area contributed by atoms with Gasteiger partial charge in [-0.2, -0.15) is 0 Å². The largest absolute Gasteiger partial charge is 0.313 e. The van der Waals surface area contributed by atoms with Crippen molar-refractivity contribution < 1.29 is 0 Å². The van der Waals surface area contributed by atoms with Crippen LogP contribution in [-0.2, 0) is 5.41 Å². The third kappa shape index (κ3) is 3.60. The Morgan fingerprint density at radius 3 is 2.31 bits per heavy atom. The Labute approximate surface area is 104 Å². The van der Waals surface area contributed by atoms with Crippen molar-refractivity contribution in [1.29, 1.82) is 0 Å². The third-order valence-corrected chi connectivity index (χ3v) is 4.57. The van der Waals surface area contributed by atoms with Gasteiger partial charge in [-0.1, -0.05) is 40.7 Å². The predicted octanol–water partition coefficient (Wildman–Crippen LogP) is 4.05. The van der Waals surface area contributed by atoms with Crippen molar-refractivity contribution in [3.63, 3.8) is 0 Å². The first-order chi connectivity index (χ1) is 7.23. The molecule has 0 aliphatic heterocycles. The molecule has 0 bridgehead atoms. The molecule has 1 aromatic heterocycles. The first-order valence-electron chi connectivity index (χ1n) is 6.01. The Morgan fingerprint density at radius 2 is 1.88 bits per heavy atom. The van der Waals surface area contributed by atoms with Crippen LogP contribution in [0.3, 0.4) is 0 Å². The normalized spacial score (nSPS) is 15.1. The van der Waals surface area contributed by atoms with Gasteiger partial charge in [0.2, 0.25) is 0 Å². The minimum absolute atomic E-state index is 0.230. The molecule has 0 aliphatic rings. The van der Waals surface area contributed by atoms with Gasteiger partial charge in [-0.15, -0.1) is 11.3 Å². The summed E-state index contributed by atoms with van der Waals surface area (Å²) in [5, 5.41) is 5.81. The zero-order chi connectivity index (χ0) is 12.4. The average molecular weight is 239 g/mol. The lowest BCUT2D eigenvalue weighted by molar-refractivity contribution is 0.271. The van der Waals surface area contributed by atoms with Gasteiger partial charge in [-0.25, -0.2) is 0 Å². The van der Waals surface area contributed by atoms with Crippen LogP contribution in [0.4, 0.5) is 0 Å². The molecule has 0 saturated carbocycles. The highest BCUT2D eigenvalue weighted by atomic mass is 32.1. The van der Waals surface area contributed by atoms with E-state index >= 15 is 0 Å². The van der Waals surface area contributed by atoms with Crippen LogP contribution in [0.5, 0.6) is 0 Å². The van der Waals surface area contributed by atoms with Crippen LogP contribution in [0, 0.1) is 5.41 Å². The summed E-state index contributed by atoms with van der Waals surface area (Å²) in [7, 11) is 0. The van der Waals surface area contributed by atoms with E-state index < -0.39 is 0 Å². The summed E-state index contributed by atoms with van der Waals surface area (Å²) in [5.74, 6) is 0. The second-order valence-electron chi connectivity index (χ2n) is 6.33. The molecule has 1 unspecified atom stereocenters. The van der Waals surface area contributed by atoms with E-state index in [2.05, 4.69) is 64.4 Å². The minimum atomic E-state index is 0.230. The topological polar surface area (TPSA) is 12.0 Å². The van der Waals surface area contributed by atoms with Gasteiger partial charge in [0.25, 0.3) is 0 Å². The molecule has 1 aromatic rings. The molecular weight excluding hydrogens is 214 g/mol. The molecule has 0 fully saturated rings. The monoisotopic (exact) mass is 239 g/mol. The summed E-state index contributed by atoms with van der Waals surface area (Å²) in [6, 6.07) is 4.90. The van der Waals surface area contributed by atoms with Crippen LogP contribution in [0.1, 0.15) is 46.4 Å². The van der Waals surface area contributed by atoms with E-state index in [1.807, 2.05) is 11.3 Å². The zero-order valence-electron chi connectivity index (χ0n) is 11.4. The van der Waals surface area contributed by atoms with Crippen LogP contribution < -0.4 is 5.32 Å². The van der Waals surface area contributed by atoms with E-state index in [0.29, 0.717) is 11.5 Å². The fourth-order valence-corrected chi connectivity index (χ4v) is 2.32. The second kappa shape index (κ2) is 4.89. The van der Waals surface area contributed by atoms with Crippen LogP contribution in [-0.4, -0.2) is 12.6 Å². The number of hydrogen-bond donors (Lipinski definition) is 1. The Balaban J connectivity index is 2.55. The molecule has 1 nitrogen and oxygen atoms in total. The van der Waals surface area contributed by atoms with Gasteiger partial charge in [-0.05, 0) is 23.8 Å². The number of rotatable bonds is 4. The Hall–Kier alpha value is -0.340. The van der Waals surface area contributed by atoms with Gasteiger partial charge in [-0.3, -0.25) is 0 Å².